The van der Waals surface area contributed by atoms with Crippen LogP contribution in [0.15, 0.2) is 65.6 Å². The van der Waals surface area contributed by atoms with Crippen LogP contribution in [0.5, 0.6) is 0 Å². The molecular formula is C17H20O2S. The second-order valence-corrected chi connectivity index (χ2v) is 7.14. The Bertz CT molecular complexity index is 642. The Hall–Kier alpha value is -1.61. The van der Waals surface area contributed by atoms with Gasteiger partial charge in [0.2, 0.25) is 0 Å². The summed E-state index contributed by atoms with van der Waals surface area (Å²) in [6, 6.07) is 18.3. The molecule has 106 valence electrons. The average Bonchev–Trinajstić information content (AvgIpc) is 2.51. The van der Waals surface area contributed by atoms with Crippen LogP contribution in [0, 0.1) is 0 Å². The third-order valence-electron chi connectivity index (χ3n) is 4.01. The van der Waals surface area contributed by atoms with Crippen molar-refractivity contribution in [3.8, 4) is 0 Å². The van der Waals surface area contributed by atoms with Crippen molar-refractivity contribution in [2.45, 2.75) is 36.3 Å². The quantitative estimate of drug-likeness (QED) is 0.827. The highest BCUT2D eigenvalue weighted by Crippen LogP contribution is 2.41. The lowest BCUT2D eigenvalue weighted by molar-refractivity contribution is 0.494. The van der Waals surface area contributed by atoms with Gasteiger partial charge in [0.1, 0.15) is 4.75 Å². The summed E-state index contributed by atoms with van der Waals surface area (Å²) in [5.74, 6) is 0. The van der Waals surface area contributed by atoms with Crippen LogP contribution in [0.2, 0.25) is 0 Å². The molecule has 0 heterocycles. The lowest BCUT2D eigenvalue weighted by Gasteiger charge is -2.32. The molecule has 2 rings (SSSR count). The van der Waals surface area contributed by atoms with Crippen LogP contribution in [0.1, 0.15) is 32.3 Å². The van der Waals surface area contributed by atoms with Crippen LogP contribution >= 0.6 is 0 Å². The molecule has 2 aromatic rings. The Morgan fingerprint density at radius 1 is 0.800 bits per heavy atom. The highest BCUT2D eigenvalue weighted by molar-refractivity contribution is 7.92. The number of sulfone groups is 1. The van der Waals surface area contributed by atoms with Crippen LogP contribution in [0.25, 0.3) is 0 Å². The topological polar surface area (TPSA) is 34.1 Å². The number of hydrogen-bond donors (Lipinski definition) is 0. The summed E-state index contributed by atoms with van der Waals surface area (Å²) in [5.41, 5.74) is 0.869. The summed E-state index contributed by atoms with van der Waals surface area (Å²) < 4.78 is 25.4. The molecule has 0 saturated carbocycles. The molecule has 2 aromatic carbocycles. The number of benzene rings is 2. The Morgan fingerprint density at radius 2 is 1.25 bits per heavy atom. The van der Waals surface area contributed by atoms with E-state index in [1.807, 2.05) is 50.2 Å². The van der Waals surface area contributed by atoms with Crippen LogP contribution < -0.4 is 0 Å². The van der Waals surface area contributed by atoms with Gasteiger partial charge < -0.3 is 0 Å². The fourth-order valence-electron chi connectivity index (χ4n) is 2.76. The second-order valence-electron chi connectivity index (χ2n) is 4.88. The van der Waals surface area contributed by atoms with Gasteiger partial charge in [-0.3, -0.25) is 0 Å². The van der Waals surface area contributed by atoms with E-state index in [4.69, 9.17) is 0 Å². The van der Waals surface area contributed by atoms with Gasteiger partial charge in [-0.05, 0) is 30.5 Å². The van der Waals surface area contributed by atoms with Gasteiger partial charge in [0.25, 0.3) is 0 Å². The van der Waals surface area contributed by atoms with Gasteiger partial charge in [-0.2, -0.15) is 0 Å². The summed E-state index contributed by atoms with van der Waals surface area (Å²) in [6.07, 6.45) is 1.12. The first-order valence-electron chi connectivity index (χ1n) is 6.93. The Morgan fingerprint density at radius 3 is 1.70 bits per heavy atom. The predicted octanol–water partition coefficient (Wildman–Crippen LogP) is 4.18. The fraction of sp³-hybridized carbons (Fsp3) is 0.294. The summed E-state index contributed by atoms with van der Waals surface area (Å²) in [6.45, 7) is 3.88. The van der Waals surface area contributed by atoms with Gasteiger partial charge in [0, 0.05) is 0 Å². The maximum absolute atomic E-state index is 13.1. The normalized spacial score (nSPS) is 12.3. The van der Waals surface area contributed by atoms with Crippen LogP contribution in [-0.4, -0.2) is 8.42 Å². The van der Waals surface area contributed by atoms with E-state index >= 15 is 0 Å². The highest BCUT2D eigenvalue weighted by atomic mass is 32.2. The SMILES string of the molecule is CCC(CC)(c1ccccc1)S(=O)(=O)c1ccccc1. The zero-order chi connectivity index (χ0) is 14.6. The van der Waals surface area contributed by atoms with Crippen molar-refractivity contribution in [2.75, 3.05) is 0 Å². The highest BCUT2D eigenvalue weighted by Gasteiger charge is 2.42. The molecule has 0 unspecified atom stereocenters. The van der Waals surface area contributed by atoms with E-state index in [1.54, 1.807) is 24.3 Å². The zero-order valence-corrected chi connectivity index (χ0v) is 12.7. The minimum absolute atomic E-state index is 0.396. The molecule has 0 fully saturated rings. The van der Waals surface area contributed by atoms with Crippen molar-refractivity contribution in [1.29, 1.82) is 0 Å². The molecule has 0 aliphatic rings. The first kappa shape index (κ1) is 14.8. The lowest BCUT2D eigenvalue weighted by atomic mass is 9.93. The Kier molecular flexibility index (Phi) is 4.29. The standard InChI is InChI=1S/C17H20O2S/c1-3-17(4-2,15-11-7-5-8-12-15)20(18,19)16-13-9-6-10-14-16/h5-14H,3-4H2,1-2H3. The molecule has 0 spiro atoms. The van der Waals surface area contributed by atoms with Gasteiger partial charge >= 0.3 is 0 Å². The van der Waals surface area contributed by atoms with Crippen molar-refractivity contribution in [3.63, 3.8) is 0 Å². The van der Waals surface area contributed by atoms with Crippen LogP contribution in [0.3, 0.4) is 0 Å². The van der Waals surface area contributed by atoms with E-state index in [-0.39, 0.29) is 0 Å². The largest absolute Gasteiger partial charge is 0.223 e. The average molecular weight is 288 g/mol. The molecule has 0 atom stereocenters. The minimum atomic E-state index is -3.42. The molecule has 0 aliphatic heterocycles. The smallest absolute Gasteiger partial charge is 0.188 e. The number of hydrogen-bond acceptors (Lipinski definition) is 2. The van der Waals surface area contributed by atoms with E-state index in [9.17, 15) is 8.42 Å². The van der Waals surface area contributed by atoms with Gasteiger partial charge in [-0.1, -0.05) is 62.4 Å². The molecule has 0 radical (unpaired) electrons. The Balaban J connectivity index is 2.66. The molecule has 0 bridgehead atoms. The Labute approximate surface area is 121 Å². The first-order valence-corrected chi connectivity index (χ1v) is 8.42. The van der Waals surface area contributed by atoms with E-state index in [1.165, 1.54) is 0 Å². The van der Waals surface area contributed by atoms with E-state index in [0.717, 1.165) is 5.56 Å². The lowest BCUT2D eigenvalue weighted by Crippen LogP contribution is -2.34. The molecule has 0 saturated heterocycles. The second kappa shape index (κ2) is 5.80. The minimum Gasteiger partial charge on any atom is -0.223 e. The van der Waals surface area contributed by atoms with Gasteiger partial charge in [0.15, 0.2) is 9.84 Å². The van der Waals surface area contributed by atoms with Gasteiger partial charge in [-0.25, -0.2) is 8.42 Å². The molecule has 2 nitrogen and oxygen atoms in total. The summed E-state index contributed by atoms with van der Waals surface area (Å²) in [4.78, 5) is 0.396. The molecule has 3 heteroatoms. The fourth-order valence-corrected chi connectivity index (χ4v) is 4.93. The maximum atomic E-state index is 13.1. The van der Waals surface area contributed by atoms with E-state index < -0.39 is 14.6 Å². The van der Waals surface area contributed by atoms with Crippen LogP contribution in [-0.2, 0) is 14.6 Å². The summed E-state index contributed by atoms with van der Waals surface area (Å²) in [5, 5.41) is 0. The molecular weight excluding hydrogens is 268 g/mol. The first-order chi connectivity index (χ1) is 9.58. The summed E-state index contributed by atoms with van der Waals surface area (Å²) in [7, 11) is -3.42. The third-order valence-corrected chi connectivity index (χ3v) is 6.74. The van der Waals surface area contributed by atoms with Crippen molar-refractivity contribution in [2.24, 2.45) is 0 Å². The van der Waals surface area contributed by atoms with E-state index in [0.29, 0.717) is 17.7 Å². The number of rotatable bonds is 5. The van der Waals surface area contributed by atoms with Crippen molar-refractivity contribution >= 4 is 9.84 Å². The molecule has 20 heavy (non-hydrogen) atoms. The van der Waals surface area contributed by atoms with E-state index in [2.05, 4.69) is 0 Å². The van der Waals surface area contributed by atoms with Crippen molar-refractivity contribution in [3.05, 3.63) is 66.2 Å². The molecule has 0 aliphatic carbocycles. The van der Waals surface area contributed by atoms with Gasteiger partial charge in [-0.15, -0.1) is 0 Å². The van der Waals surface area contributed by atoms with Crippen molar-refractivity contribution in [1.82, 2.24) is 0 Å². The van der Waals surface area contributed by atoms with Crippen molar-refractivity contribution < 1.29 is 8.42 Å². The predicted molar refractivity (Wildman–Crippen MR) is 82.3 cm³/mol. The zero-order valence-electron chi connectivity index (χ0n) is 11.9. The van der Waals surface area contributed by atoms with Crippen LogP contribution in [0.4, 0.5) is 0 Å². The summed E-state index contributed by atoms with van der Waals surface area (Å²) >= 11 is 0. The maximum Gasteiger partial charge on any atom is 0.188 e. The molecule has 0 amide bonds. The monoisotopic (exact) mass is 288 g/mol. The van der Waals surface area contributed by atoms with Gasteiger partial charge in [0.05, 0.1) is 4.90 Å². The molecule has 0 N–H and O–H groups in total. The molecule has 0 aromatic heterocycles. The third kappa shape index (κ3) is 2.27.